The highest BCUT2D eigenvalue weighted by molar-refractivity contribution is 6.38. The van der Waals surface area contributed by atoms with Crippen molar-refractivity contribution in [2.45, 2.75) is 122 Å². The maximum atomic E-state index is 14.8. The highest BCUT2D eigenvalue weighted by Crippen LogP contribution is 2.31. The van der Waals surface area contributed by atoms with E-state index >= 15 is 0 Å². The van der Waals surface area contributed by atoms with Crippen molar-refractivity contribution in [1.82, 2.24) is 31.2 Å². The molecule has 0 bridgehead atoms. The van der Waals surface area contributed by atoms with Crippen LogP contribution in [0.2, 0.25) is 0 Å². The molecule has 1 saturated heterocycles. The van der Waals surface area contributed by atoms with Gasteiger partial charge in [0.1, 0.15) is 18.2 Å². The Balaban J connectivity index is 1.31. The van der Waals surface area contributed by atoms with Crippen LogP contribution in [0.25, 0.3) is 10.8 Å². The number of fused-ring (bicyclic) bond motifs is 1. The number of hydrazone groups is 1. The zero-order valence-corrected chi connectivity index (χ0v) is 38.3. The van der Waals surface area contributed by atoms with Crippen molar-refractivity contribution in [3.05, 3.63) is 83.5 Å². The van der Waals surface area contributed by atoms with E-state index in [1.165, 1.54) is 23.8 Å². The number of likely N-dealkylation sites (tertiary alicyclic amines) is 1. The number of nitrogens with zero attached hydrogens (tertiary/aromatic N) is 4. The van der Waals surface area contributed by atoms with E-state index in [2.05, 4.69) is 33.1 Å². The molecule has 5 rings (SSSR count). The van der Waals surface area contributed by atoms with Gasteiger partial charge < -0.3 is 35.6 Å². The number of carbonyl (C=O) groups excluding carboxylic acids is 7. The van der Waals surface area contributed by atoms with E-state index in [1.807, 2.05) is 60.7 Å². The fourth-order valence-electron chi connectivity index (χ4n) is 8.48. The molecule has 4 atom stereocenters. The predicted octanol–water partition coefficient (Wildman–Crippen LogP) is 4.67. The van der Waals surface area contributed by atoms with Gasteiger partial charge in [0.2, 0.25) is 23.5 Å². The van der Waals surface area contributed by atoms with Crippen molar-refractivity contribution in [2.24, 2.45) is 11.0 Å². The lowest BCUT2D eigenvalue weighted by molar-refractivity contribution is -0.143. The van der Waals surface area contributed by atoms with Crippen LogP contribution < -0.4 is 21.3 Å². The molecule has 1 aliphatic heterocycles. The maximum absolute atomic E-state index is 14.8. The number of alkyl carbamates (subject to hydrolysis) is 1. The van der Waals surface area contributed by atoms with Gasteiger partial charge in [-0.2, -0.15) is 10.4 Å². The Bertz CT molecular complexity index is 2270. The summed E-state index contributed by atoms with van der Waals surface area (Å²) < 4.78 is 11.8. The zero-order valence-electron chi connectivity index (χ0n) is 38.3. The summed E-state index contributed by atoms with van der Waals surface area (Å²) in [6, 6.07) is 12.1. The molecule has 1 saturated carbocycles. The minimum atomic E-state index is -1.47. The monoisotopic (exact) mass is 906 g/mol. The van der Waals surface area contributed by atoms with Crippen LogP contribution in [0, 0.1) is 17.2 Å². The predicted molar refractivity (Wildman–Crippen MR) is 247 cm³/mol. The molecular formula is C49H62N8O9. The second-order valence-electron chi connectivity index (χ2n) is 17.2. The number of allylic oxidation sites excluding steroid dienone is 5. The Labute approximate surface area is 386 Å². The van der Waals surface area contributed by atoms with Crippen molar-refractivity contribution in [1.29, 1.82) is 5.26 Å². The third-order valence-electron chi connectivity index (χ3n) is 12.0. The summed E-state index contributed by atoms with van der Waals surface area (Å²) in [4.78, 5) is 96.9. The molecule has 6 amide bonds. The van der Waals surface area contributed by atoms with Gasteiger partial charge in [-0.15, -0.1) is 0 Å². The van der Waals surface area contributed by atoms with Crippen molar-refractivity contribution in [3.8, 4) is 6.07 Å². The Morgan fingerprint density at radius 1 is 0.970 bits per heavy atom. The first kappa shape index (κ1) is 50.3. The quantitative estimate of drug-likeness (QED) is 0.0622. The normalized spacial score (nSPS) is 18.9. The number of Topliss-reactive ketones (excluding diaryl/α,β-unsaturated/α-hetero) is 1. The van der Waals surface area contributed by atoms with Gasteiger partial charge in [-0.05, 0) is 74.3 Å². The van der Waals surface area contributed by atoms with E-state index in [4.69, 9.17) is 9.47 Å². The minimum Gasteiger partial charge on any atom is -0.428 e. The molecule has 2 aromatic rings. The van der Waals surface area contributed by atoms with Crippen molar-refractivity contribution < 1.29 is 43.0 Å². The van der Waals surface area contributed by atoms with Gasteiger partial charge in [-0.1, -0.05) is 99.4 Å². The number of hydrogen-bond donors (Lipinski definition) is 4. The fraction of sp³-hybridized carbons (Fsp3) is 0.490. The molecular weight excluding hydrogens is 845 g/mol. The van der Waals surface area contributed by atoms with Gasteiger partial charge in [-0.25, -0.2) is 9.80 Å². The molecule has 0 radical (unpaired) electrons. The van der Waals surface area contributed by atoms with Crippen LogP contribution >= 0.6 is 0 Å². The number of hydrogen-bond acceptors (Lipinski definition) is 11. The molecule has 17 nitrogen and oxygen atoms in total. The molecule has 1 heterocycles. The maximum Gasteiger partial charge on any atom is 0.409 e. The summed E-state index contributed by atoms with van der Waals surface area (Å²) in [6.07, 6.45) is 10.6. The first-order chi connectivity index (χ1) is 31.7. The molecule has 0 spiro atoms. The van der Waals surface area contributed by atoms with E-state index < -0.39 is 77.8 Å². The van der Waals surface area contributed by atoms with Crippen molar-refractivity contribution in [3.63, 3.8) is 0 Å². The molecule has 352 valence electrons. The fourth-order valence-corrected chi connectivity index (χ4v) is 8.48. The summed E-state index contributed by atoms with van der Waals surface area (Å²) in [6.45, 7) is 9.50. The van der Waals surface area contributed by atoms with Crippen LogP contribution in [0.3, 0.4) is 0 Å². The molecule has 4 N–H and O–H groups in total. The second-order valence-corrected chi connectivity index (χ2v) is 17.2. The Kier molecular flexibility index (Phi) is 18.3. The van der Waals surface area contributed by atoms with Gasteiger partial charge >= 0.3 is 6.09 Å². The summed E-state index contributed by atoms with van der Waals surface area (Å²) in [5.74, 6) is -4.71. The first-order valence-electron chi connectivity index (χ1n) is 22.7. The van der Waals surface area contributed by atoms with Crippen molar-refractivity contribution >= 4 is 58.9 Å². The van der Waals surface area contributed by atoms with E-state index in [9.17, 15) is 38.8 Å². The Morgan fingerprint density at radius 3 is 2.39 bits per heavy atom. The standard InChI is InChI=1S/C49H62N8O9/c1-6-17-39(43(59)45(61)53-28-41(58)52-27-38(33-18-10-8-11-19-33)46(62)57(7-2)51-5)54-44(60)40-26-36(65-30-35-24-16-23-32-20-14-15-25-37(32)35)29-56(40)47(63)42(34-21-12-9-13-22-34)55-48(64)66-49(3,4)31-50/h8,10-11,14-16,18,20,23-25,34,36,39-40,42H,5-7,9,12-13,17,19,21-22,26-30H2,1-4H3,(H,52,58)(H,53,61)(H,54,60)(H,55,64)/b38-33-/t36-,39?,40?,42+/m1/s1. The lowest BCUT2D eigenvalue weighted by Crippen LogP contribution is -2.58. The van der Waals surface area contributed by atoms with Gasteiger partial charge in [0, 0.05) is 38.3 Å². The van der Waals surface area contributed by atoms with E-state index in [-0.39, 0.29) is 50.6 Å². The van der Waals surface area contributed by atoms with E-state index in [1.54, 1.807) is 26.0 Å². The average Bonchev–Trinajstić information content (AvgIpc) is 3.76. The number of amides is 6. The van der Waals surface area contributed by atoms with Gasteiger partial charge in [0.15, 0.2) is 5.60 Å². The summed E-state index contributed by atoms with van der Waals surface area (Å²) in [5, 5.41) is 26.9. The summed E-state index contributed by atoms with van der Waals surface area (Å²) in [5.41, 5.74) is 0.407. The number of likely N-dealkylation sites (N-methyl/N-ethyl adjacent to an activating group) is 1. The van der Waals surface area contributed by atoms with Gasteiger partial charge in [0.05, 0.1) is 25.3 Å². The van der Waals surface area contributed by atoms with Gasteiger partial charge in [0.25, 0.3) is 11.8 Å². The van der Waals surface area contributed by atoms with Crippen LogP contribution in [-0.2, 0) is 44.8 Å². The minimum absolute atomic E-state index is 0.00906. The first-order valence-corrected chi connectivity index (χ1v) is 22.7. The molecule has 3 aliphatic rings. The van der Waals surface area contributed by atoms with Crippen LogP contribution in [0.15, 0.2) is 83.0 Å². The summed E-state index contributed by atoms with van der Waals surface area (Å²) in [7, 11) is 0. The topological polar surface area (TPSA) is 229 Å². The molecule has 2 unspecified atom stereocenters. The second kappa shape index (κ2) is 24.0. The number of rotatable bonds is 20. The Morgan fingerprint density at radius 2 is 1.71 bits per heavy atom. The third-order valence-corrected chi connectivity index (χ3v) is 12.0. The smallest absolute Gasteiger partial charge is 0.409 e. The SMILES string of the molecule is C=NN(CC)C(=O)/C(CNC(=O)CNC(=O)C(=O)C(CCC)NC(=O)C1C[C@@H](OCc2cccc3ccccc23)CN1C(=O)[C@@H](NC(=O)OC(C)(C)C#N)C1CCCCC1)=C1/C=CC=CC1. The van der Waals surface area contributed by atoms with Crippen molar-refractivity contribution in [2.75, 3.05) is 26.2 Å². The number of nitriles is 1. The zero-order chi connectivity index (χ0) is 47.8. The number of nitrogens with one attached hydrogen (secondary N) is 4. The van der Waals surface area contributed by atoms with Crippen LogP contribution in [0.5, 0.6) is 0 Å². The number of ketones is 1. The number of carbonyl (C=O) groups is 7. The Hall–Kier alpha value is -6.67. The molecule has 17 heteroatoms. The third kappa shape index (κ3) is 13.4. The van der Waals surface area contributed by atoms with E-state index in [0.717, 1.165) is 35.6 Å². The highest BCUT2D eigenvalue weighted by atomic mass is 16.6. The molecule has 2 aliphatic carbocycles. The van der Waals surface area contributed by atoms with Gasteiger partial charge in [-0.3, -0.25) is 28.8 Å². The summed E-state index contributed by atoms with van der Waals surface area (Å²) >= 11 is 0. The lowest BCUT2D eigenvalue weighted by Gasteiger charge is -2.35. The molecule has 2 fully saturated rings. The lowest BCUT2D eigenvalue weighted by atomic mass is 9.83. The molecule has 66 heavy (non-hydrogen) atoms. The highest BCUT2D eigenvalue weighted by Gasteiger charge is 2.46. The molecule has 0 aromatic heterocycles. The van der Waals surface area contributed by atoms with Crippen LogP contribution in [-0.4, -0.2) is 114 Å². The number of ether oxygens (including phenoxy) is 2. The average molecular weight is 907 g/mol. The number of benzene rings is 2. The largest absolute Gasteiger partial charge is 0.428 e. The molecule has 2 aromatic carbocycles. The van der Waals surface area contributed by atoms with E-state index in [0.29, 0.717) is 31.3 Å². The van der Waals surface area contributed by atoms with Crippen LogP contribution in [0.1, 0.15) is 91.0 Å². The van der Waals surface area contributed by atoms with Crippen LogP contribution in [0.4, 0.5) is 4.79 Å².